The molecule has 0 unspecified atom stereocenters. The second kappa shape index (κ2) is 13.6. The summed E-state index contributed by atoms with van der Waals surface area (Å²) >= 11 is 7.16. The number of halogens is 3. The van der Waals surface area contributed by atoms with Gasteiger partial charge in [0, 0.05) is 43.1 Å². The SMILES string of the molecule is O=C(NC[C@@H](C(=O)Nc1ccc(N2CCOCC2=O)cc1C(F)F)N(CC1CCC1)CC1CCC1)c1ccc(Cl)s1. The molecule has 1 atom stereocenters. The predicted octanol–water partition coefficient (Wildman–Crippen LogP) is 5.34. The van der Waals surface area contributed by atoms with Crippen molar-refractivity contribution in [3.63, 3.8) is 0 Å². The molecule has 2 N–H and O–H groups in total. The molecule has 0 radical (unpaired) electrons. The lowest BCUT2D eigenvalue weighted by molar-refractivity contribution is -0.125. The van der Waals surface area contributed by atoms with E-state index < -0.39 is 18.4 Å². The van der Waals surface area contributed by atoms with Gasteiger partial charge in [-0.3, -0.25) is 19.3 Å². The summed E-state index contributed by atoms with van der Waals surface area (Å²) in [7, 11) is 0. The van der Waals surface area contributed by atoms with E-state index in [1.807, 2.05) is 0 Å². The number of morpholine rings is 1. The predicted molar refractivity (Wildman–Crippen MR) is 155 cm³/mol. The zero-order chi connectivity index (χ0) is 28.9. The van der Waals surface area contributed by atoms with Gasteiger partial charge in [0.15, 0.2) is 0 Å². The molecule has 2 aromatic rings. The summed E-state index contributed by atoms with van der Waals surface area (Å²) in [5.74, 6) is -0.151. The average Bonchev–Trinajstić information content (AvgIpc) is 3.34. The van der Waals surface area contributed by atoms with Crippen molar-refractivity contribution in [2.45, 2.75) is 51.0 Å². The molecule has 12 heteroatoms. The fourth-order valence-electron chi connectivity index (χ4n) is 5.46. The lowest BCUT2D eigenvalue weighted by Crippen LogP contribution is -2.54. The van der Waals surface area contributed by atoms with Crippen LogP contribution in [0.25, 0.3) is 0 Å². The Morgan fingerprint density at radius 1 is 1.10 bits per heavy atom. The maximum Gasteiger partial charge on any atom is 0.265 e. The number of hydrogen-bond acceptors (Lipinski definition) is 6. The fraction of sp³-hybridized carbons (Fsp3) is 0.552. The van der Waals surface area contributed by atoms with Crippen LogP contribution in [0, 0.1) is 11.8 Å². The van der Waals surface area contributed by atoms with Gasteiger partial charge in [0.05, 0.1) is 15.8 Å². The number of nitrogens with zero attached hydrogens (tertiary/aromatic N) is 2. The number of amides is 3. The number of hydrogen-bond donors (Lipinski definition) is 2. The standard InChI is InChI=1S/C29H35ClF2N4O4S/c30-25-10-9-24(41-25)29(39)33-14-23(35(15-18-3-1-4-18)16-19-5-2-6-19)28(38)34-22-8-7-20(13-21(22)27(31)32)36-11-12-40-17-26(36)37/h7-10,13,18-19,23,27H,1-6,11-12,14-17H2,(H,33,39)(H,34,38)/t23-/m0/s1. The smallest absolute Gasteiger partial charge is 0.265 e. The van der Waals surface area contributed by atoms with Gasteiger partial charge in [-0.05, 0) is 67.9 Å². The number of rotatable bonds is 12. The highest BCUT2D eigenvalue weighted by atomic mass is 35.5. The maximum absolute atomic E-state index is 14.2. The molecule has 1 aliphatic heterocycles. The molecule has 1 aromatic carbocycles. The number of thiophene rings is 1. The third-order valence-electron chi connectivity index (χ3n) is 8.26. The Balaban J connectivity index is 1.37. The molecular weight excluding hydrogens is 574 g/mol. The van der Waals surface area contributed by atoms with Crippen LogP contribution < -0.4 is 15.5 Å². The lowest BCUT2D eigenvalue weighted by atomic mass is 9.82. The molecule has 2 saturated carbocycles. The van der Waals surface area contributed by atoms with Crippen LogP contribution in [0.2, 0.25) is 4.34 Å². The molecule has 2 aliphatic carbocycles. The van der Waals surface area contributed by atoms with Gasteiger partial charge in [0.1, 0.15) is 12.6 Å². The second-order valence-corrected chi connectivity index (χ2v) is 12.8. The number of carbonyl (C=O) groups is 3. The Kier molecular flexibility index (Phi) is 9.90. The molecule has 3 fully saturated rings. The minimum absolute atomic E-state index is 0.0111. The first kappa shape index (κ1) is 29.9. The summed E-state index contributed by atoms with van der Waals surface area (Å²) in [5, 5.41) is 5.62. The van der Waals surface area contributed by atoms with E-state index in [-0.39, 0.29) is 42.8 Å². The summed E-state index contributed by atoms with van der Waals surface area (Å²) in [4.78, 5) is 42.9. The lowest BCUT2D eigenvalue weighted by Gasteiger charge is -2.40. The normalized spacial score (nSPS) is 18.8. The van der Waals surface area contributed by atoms with Crippen LogP contribution in [-0.2, 0) is 14.3 Å². The molecule has 8 nitrogen and oxygen atoms in total. The number of benzene rings is 1. The first-order valence-electron chi connectivity index (χ1n) is 14.2. The van der Waals surface area contributed by atoms with Crippen molar-refractivity contribution in [3.05, 3.63) is 45.1 Å². The Hall–Kier alpha value is -2.60. The summed E-state index contributed by atoms with van der Waals surface area (Å²) in [6.07, 6.45) is 3.80. The zero-order valence-electron chi connectivity index (χ0n) is 22.8. The largest absolute Gasteiger partial charge is 0.370 e. The topological polar surface area (TPSA) is 91.0 Å². The van der Waals surface area contributed by atoms with Crippen LogP contribution in [0.3, 0.4) is 0 Å². The minimum Gasteiger partial charge on any atom is -0.370 e. The van der Waals surface area contributed by atoms with E-state index in [1.165, 1.54) is 17.0 Å². The van der Waals surface area contributed by atoms with E-state index in [4.69, 9.17) is 16.3 Å². The van der Waals surface area contributed by atoms with Crippen LogP contribution in [0.1, 0.15) is 60.2 Å². The van der Waals surface area contributed by atoms with E-state index in [0.717, 1.165) is 63.0 Å². The first-order valence-corrected chi connectivity index (χ1v) is 15.4. The van der Waals surface area contributed by atoms with Crippen molar-refractivity contribution in [1.82, 2.24) is 10.2 Å². The van der Waals surface area contributed by atoms with Gasteiger partial charge in [-0.25, -0.2) is 8.78 Å². The number of alkyl halides is 2. The number of carbonyl (C=O) groups excluding carboxylic acids is 3. The van der Waals surface area contributed by atoms with Crippen LogP contribution >= 0.6 is 22.9 Å². The van der Waals surface area contributed by atoms with Crippen molar-refractivity contribution in [2.24, 2.45) is 11.8 Å². The number of ether oxygens (including phenoxy) is 1. The van der Waals surface area contributed by atoms with Crippen LogP contribution in [0.5, 0.6) is 0 Å². The minimum atomic E-state index is -2.87. The van der Waals surface area contributed by atoms with Gasteiger partial charge in [-0.15, -0.1) is 11.3 Å². The average molecular weight is 609 g/mol. The molecule has 1 aromatic heterocycles. The molecule has 1 saturated heterocycles. The zero-order valence-corrected chi connectivity index (χ0v) is 24.3. The van der Waals surface area contributed by atoms with Gasteiger partial charge in [-0.1, -0.05) is 24.4 Å². The second-order valence-electron chi connectivity index (χ2n) is 11.0. The first-order chi connectivity index (χ1) is 19.8. The highest BCUT2D eigenvalue weighted by molar-refractivity contribution is 7.18. The van der Waals surface area contributed by atoms with Crippen molar-refractivity contribution >= 4 is 52.0 Å². The van der Waals surface area contributed by atoms with Crippen LogP contribution in [-0.4, -0.2) is 68.1 Å². The van der Waals surface area contributed by atoms with Gasteiger partial charge >= 0.3 is 0 Å². The van der Waals surface area contributed by atoms with E-state index in [9.17, 15) is 23.2 Å². The molecule has 3 aliphatic rings. The quantitative estimate of drug-likeness (QED) is 0.339. The maximum atomic E-state index is 14.2. The van der Waals surface area contributed by atoms with Crippen molar-refractivity contribution in [1.29, 1.82) is 0 Å². The monoisotopic (exact) mass is 608 g/mol. The highest BCUT2D eigenvalue weighted by Gasteiger charge is 2.34. The number of anilines is 2. The molecule has 0 spiro atoms. The number of nitrogens with one attached hydrogen (secondary N) is 2. The summed E-state index contributed by atoms with van der Waals surface area (Å²) < 4.78 is 34.1. The fourth-order valence-corrected chi connectivity index (χ4v) is 6.42. The molecule has 2 heterocycles. The Morgan fingerprint density at radius 3 is 2.37 bits per heavy atom. The van der Waals surface area contributed by atoms with E-state index >= 15 is 0 Å². The molecule has 0 bridgehead atoms. The summed E-state index contributed by atoms with van der Waals surface area (Å²) in [6.45, 7) is 1.94. The van der Waals surface area contributed by atoms with Gasteiger partial charge in [-0.2, -0.15) is 0 Å². The Morgan fingerprint density at radius 2 is 1.80 bits per heavy atom. The molecule has 41 heavy (non-hydrogen) atoms. The summed E-state index contributed by atoms with van der Waals surface area (Å²) in [5.41, 5.74) is -0.0413. The third-order valence-corrected chi connectivity index (χ3v) is 9.49. The van der Waals surface area contributed by atoms with Gasteiger partial charge in [0.2, 0.25) is 5.91 Å². The van der Waals surface area contributed by atoms with Crippen LogP contribution in [0.15, 0.2) is 30.3 Å². The van der Waals surface area contributed by atoms with Crippen molar-refractivity contribution in [2.75, 3.05) is 49.6 Å². The van der Waals surface area contributed by atoms with Gasteiger partial charge in [0.25, 0.3) is 18.2 Å². The van der Waals surface area contributed by atoms with Crippen molar-refractivity contribution < 1.29 is 27.9 Å². The molecule has 5 rings (SSSR count). The molecular formula is C29H35ClF2N4O4S. The Bertz CT molecular complexity index is 1240. The highest BCUT2D eigenvalue weighted by Crippen LogP contribution is 2.34. The van der Waals surface area contributed by atoms with E-state index in [1.54, 1.807) is 18.2 Å². The van der Waals surface area contributed by atoms with Crippen molar-refractivity contribution in [3.8, 4) is 0 Å². The van der Waals surface area contributed by atoms with Gasteiger partial charge < -0.3 is 20.3 Å². The molecule has 222 valence electrons. The third kappa shape index (κ3) is 7.43. The van der Waals surface area contributed by atoms with E-state index in [2.05, 4.69) is 15.5 Å². The molecule has 3 amide bonds. The van der Waals surface area contributed by atoms with Crippen LogP contribution in [0.4, 0.5) is 20.2 Å². The Labute approximate surface area is 247 Å². The summed E-state index contributed by atoms with van der Waals surface area (Å²) in [6, 6.07) is 6.76. The van der Waals surface area contributed by atoms with E-state index in [0.29, 0.717) is 33.3 Å².